The number of hydrogen-bond acceptors (Lipinski definition) is 4. The van der Waals surface area contributed by atoms with Crippen LogP contribution in [0.4, 0.5) is 0 Å². The number of ether oxygens (including phenoxy) is 1. The van der Waals surface area contributed by atoms with E-state index in [2.05, 4.69) is 0 Å². The second-order valence-corrected chi connectivity index (χ2v) is 6.15. The van der Waals surface area contributed by atoms with Gasteiger partial charge in [0.15, 0.2) is 0 Å². The highest BCUT2D eigenvalue weighted by Gasteiger charge is 2.13. The quantitative estimate of drug-likeness (QED) is 0.856. The number of rotatable bonds is 6. The zero-order valence-electron chi connectivity index (χ0n) is 11.9. The van der Waals surface area contributed by atoms with E-state index in [0.29, 0.717) is 17.2 Å². The fraction of sp³-hybridized carbons (Fsp3) is 0.250. The summed E-state index contributed by atoms with van der Waals surface area (Å²) in [6.07, 6.45) is -0.764. The van der Waals surface area contributed by atoms with E-state index in [1.54, 1.807) is 31.4 Å². The predicted molar refractivity (Wildman–Crippen MR) is 83.6 cm³/mol. The molecule has 5 heteroatoms. The molecule has 2 unspecified atom stereocenters. The maximum absolute atomic E-state index is 12.2. The van der Waals surface area contributed by atoms with Crippen LogP contribution in [0.5, 0.6) is 5.75 Å². The number of aliphatic hydroxyl groups is 1. The molecule has 0 bridgehead atoms. The van der Waals surface area contributed by atoms with Crippen LogP contribution in [0.3, 0.4) is 0 Å². The standard InChI is InChI=1S/C16H19NO3S/c1-20-14-6-8-15(9-7-14)21(19)11-16(18)13-4-2-12(10-17)3-5-13/h2-9,16,18H,10-11,17H2,1H3. The van der Waals surface area contributed by atoms with Crippen molar-refractivity contribution < 1.29 is 14.1 Å². The summed E-state index contributed by atoms with van der Waals surface area (Å²) < 4.78 is 17.3. The highest BCUT2D eigenvalue weighted by atomic mass is 32.2. The number of nitrogens with two attached hydrogens (primary N) is 1. The van der Waals surface area contributed by atoms with Crippen LogP contribution in [0.15, 0.2) is 53.4 Å². The lowest BCUT2D eigenvalue weighted by atomic mass is 10.1. The first kappa shape index (κ1) is 15.7. The molecule has 0 saturated heterocycles. The first-order valence-corrected chi connectivity index (χ1v) is 7.95. The Kier molecular flexibility index (Phi) is 5.50. The third-order valence-electron chi connectivity index (χ3n) is 3.23. The van der Waals surface area contributed by atoms with Crippen LogP contribution in [-0.2, 0) is 17.3 Å². The summed E-state index contributed by atoms with van der Waals surface area (Å²) in [5.74, 6) is 0.877. The van der Waals surface area contributed by atoms with Gasteiger partial charge in [-0.15, -0.1) is 0 Å². The summed E-state index contributed by atoms with van der Waals surface area (Å²) in [5, 5.41) is 10.2. The van der Waals surface area contributed by atoms with Crippen LogP contribution in [0.2, 0.25) is 0 Å². The van der Waals surface area contributed by atoms with Gasteiger partial charge in [-0.1, -0.05) is 24.3 Å². The van der Waals surface area contributed by atoms with E-state index in [0.717, 1.165) is 11.1 Å². The number of methoxy groups -OCH3 is 1. The van der Waals surface area contributed by atoms with Gasteiger partial charge in [-0.2, -0.15) is 0 Å². The zero-order valence-corrected chi connectivity index (χ0v) is 12.7. The van der Waals surface area contributed by atoms with E-state index in [-0.39, 0.29) is 5.75 Å². The maximum Gasteiger partial charge on any atom is 0.118 e. The molecule has 0 spiro atoms. The van der Waals surface area contributed by atoms with Crippen LogP contribution in [0.1, 0.15) is 17.2 Å². The van der Waals surface area contributed by atoms with Crippen molar-refractivity contribution in [2.45, 2.75) is 17.5 Å². The molecule has 3 N–H and O–H groups in total. The Bertz CT molecular complexity index is 596. The number of hydrogen-bond donors (Lipinski definition) is 2. The Morgan fingerprint density at radius 1 is 1.14 bits per heavy atom. The highest BCUT2D eigenvalue weighted by molar-refractivity contribution is 7.85. The summed E-state index contributed by atoms with van der Waals surface area (Å²) in [7, 11) is 0.322. The van der Waals surface area contributed by atoms with Gasteiger partial charge in [0.05, 0.1) is 29.8 Å². The Hall–Kier alpha value is -1.69. The zero-order chi connectivity index (χ0) is 15.2. The van der Waals surface area contributed by atoms with E-state index in [1.807, 2.05) is 24.3 Å². The molecule has 21 heavy (non-hydrogen) atoms. The van der Waals surface area contributed by atoms with Crippen molar-refractivity contribution in [3.8, 4) is 5.75 Å². The van der Waals surface area contributed by atoms with Crippen LogP contribution in [-0.4, -0.2) is 22.2 Å². The van der Waals surface area contributed by atoms with E-state index in [9.17, 15) is 9.32 Å². The Morgan fingerprint density at radius 2 is 1.76 bits per heavy atom. The molecule has 2 aromatic carbocycles. The summed E-state index contributed by atoms with van der Waals surface area (Å²) in [6.45, 7) is 0.466. The van der Waals surface area contributed by atoms with Crippen LogP contribution in [0, 0.1) is 0 Å². The summed E-state index contributed by atoms with van der Waals surface area (Å²) >= 11 is 0. The summed E-state index contributed by atoms with van der Waals surface area (Å²) in [6, 6.07) is 14.4. The molecule has 2 atom stereocenters. The van der Waals surface area contributed by atoms with Crippen molar-refractivity contribution in [1.29, 1.82) is 0 Å². The normalized spacial score (nSPS) is 13.7. The summed E-state index contributed by atoms with van der Waals surface area (Å²) in [4.78, 5) is 0.674. The number of benzene rings is 2. The second-order valence-electron chi connectivity index (χ2n) is 4.65. The average Bonchev–Trinajstić information content (AvgIpc) is 2.55. The first-order valence-electron chi connectivity index (χ1n) is 6.63. The molecule has 0 aliphatic carbocycles. The lowest BCUT2D eigenvalue weighted by Gasteiger charge is -2.11. The van der Waals surface area contributed by atoms with E-state index < -0.39 is 16.9 Å². The van der Waals surface area contributed by atoms with Gasteiger partial charge >= 0.3 is 0 Å². The second kappa shape index (κ2) is 7.36. The van der Waals surface area contributed by atoms with Crippen LogP contribution >= 0.6 is 0 Å². The third-order valence-corrected chi connectivity index (χ3v) is 4.65. The molecule has 112 valence electrons. The monoisotopic (exact) mass is 305 g/mol. The molecule has 4 nitrogen and oxygen atoms in total. The van der Waals surface area contributed by atoms with E-state index in [4.69, 9.17) is 10.5 Å². The predicted octanol–water partition coefficient (Wildman–Crippen LogP) is 2.00. The van der Waals surface area contributed by atoms with Gasteiger partial charge in [0.1, 0.15) is 5.75 Å². The maximum atomic E-state index is 12.2. The minimum Gasteiger partial charge on any atom is -0.497 e. The Morgan fingerprint density at radius 3 is 2.29 bits per heavy atom. The summed E-state index contributed by atoms with van der Waals surface area (Å²) in [5.41, 5.74) is 7.28. The molecule has 0 saturated carbocycles. The van der Waals surface area contributed by atoms with Gasteiger partial charge in [-0.25, -0.2) is 0 Å². The van der Waals surface area contributed by atoms with Crippen molar-refractivity contribution in [2.75, 3.05) is 12.9 Å². The SMILES string of the molecule is COc1ccc(S(=O)CC(O)c2ccc(CN)cc2)cc1. The molecule has 0 aromatic heterocycles. The van der Waals surface area contributed by atoms with Gasteiger partial charge in [-0.3, -0.25) is 4.21 Å². The fourth-order valence-corrected chi connectivity index (χ4v) is 3.05. The van der Waals surface area contributed by atoms with Crippen molar-refractivity contribution in [1.82, 2.24) is 0 Å². The topological polar surface area (TPSA) is 72.5 Å². The van der Waals surface area contributed by atoms with Crippen molar-refractivity contribution in [2.24, 2.45) is 5.73 Å². The fourth-order valence-electron chi connectivity index (χ4n) is 1.94. The third kappa shape index (κ3) is 4.14. The Labute approximate surface area is 127 Å². The van der Waals surface area contributed by atoms with Crippen molar-refractivity contribution >= 4 is 10.8 Å². The number of aliphatic hydroxyl groups excluding tert-OH is 1. The lowest BCUT2D eigenvalue weighted by Crippen LogP contribution is -2.09. The smallest absolute Gasteiger partial charge is 0.118 e. The van der Waals surface area contributed by atoms with Gasteiger partial charge in [0, 0.05) is 11.4 Å². The van der Waals surface area contributed by atoms with Gasteiger partial charge in [0.2, 0.25) is 0 Å². The minimum absolute atomic E-state index is 0.161. The molecular weight excluding hydrogens is 286 g/mol. The molecule has 0 aliphatic heterocycles. The average molecular weight is 305 g/mol. The highest BCUT2D eigenvalue weighted by Crippen LogP contribution is 2.19. The molecule has 2 aromatic rings. The van der Waals surface area contributed by atoms with E-state index >= 15 is 0 Å². The molecule has 0 amide bonds. The van der Waals surface area contributed by atoms with E-state index in [1.165, 1.54) is 0 Å². The molecule has 0 radical (unpaired) electrons. The van der Waals surface area contributed by atoms with Crippen LogP contribution < -0.4 is 10.5 Å². The van der Waals surface area contributed by atoms with Crippen LogP contribution in [0.25, 0.3) is 0 Å². The lowest BCUT2D eigenvalue weighted by molar-refractivity contribution is 0.203. The Balaban J connectivity index is 2.03. The molecule has 0 fully saturated rings. The molecular formula is C16H19NO3S. The largest absolute Gasteiger partial charge is 0.497 e. The minimum atomic E-state index is -1.26. The van der Waals surface area contributed by atoms with Gasteiger partial charge < -0.3 is 15.6 Å². The molecule has 0 aliphatic rings. The van der Waals surface area contributed by atoms with Gasteiger partial charge in [-0.05, 0) is 35.4 Å². The first-order chi connectivity index (χ1) is 10.1. The molecule has 0 heterocycles. The van der Waals surface area contributed by atoms with Crippen molar-refractivity contribution in [3.05, 3.63) is 59.7 Å². The van der Waals surface area contributed by atoms with Gasteiger partial charge in [0.25, 0.3) is 0 Å². The molecule has 2 rings (SSSR count). The van der Waals surface area contributed by atoms with Crippen molar-refractivity contribution in [3.63, 3.8) is 0 Å².